The quantitative estimate of drug-likeness (QED) is 0.428. The summed E-state index contributed by atoms with van der Waals surface area (Å²) < 4.78 is 0. The Balaban J connectivity index is 2.07. The Morgan fingerprint density at radius 3 is 2.46 bits per heavy atom. The van der Waals surface area contributed by atoms with Crippen molar-refractivity contribution in [3.63, 3.8) is 0 Å². The van der Waals surface area contributed by atoms with Crippen LogP contribution in [0.1, 0.15) is 5.56 Å². The van der Waals surface area contributed by atoms with E-state index in [1.807, 2.05) is 31.2 Å². The number of anilines is 2. The highest BCUT2D eigenvalue weighted by Gasteiger charge is 2.19. The molecule has 2 aromatic carbocycles. The number of nitro benzene ring substituents is 2. The molecule has 9 nitrogen and oxygen atoms in total. The fourth-order valence-corrected chi connectivity index (χ4v) is 2.07. The van der Waals surface area contributed by atoms with Gasteiger partial charge in [-0.3, -0.25) is 31.1 Å². The Kier molecular flexibility index (Phi) is 5.22. The molecule has 0 heterocycles. The van der Waals surface area contributed by atoms with Crippen molar-refractivity contribution < 1.29 is 9.85 Å². The standard InChI is InChI=1S/C14H13N5O4S/c1-9-3-2-4-10(7-9)15-14(24)17-16-12-6-5-11(18(20)21)8-13(12)19(22)23/h2-8,16H,1H3,(H2,15,17,24). The van der Waals surface area contributed by atoms with E-state index in [0.29, 0.717) is 0 Å². The van der Waals surface area contributed by atoms with Crippen molar-refractivity contribution in [2.24, 2.45) is 0 Å². The Labute approximate surface area is 142 Å². The molecule has 0 aliphatic rings. The van der Waals surface area contributed by atoms with Crippen molar-refractivity contribution in [2.75, 3.05) is 10.7 Å². The first-order chi connectivity index (χ1) is 11.4. The molecule has 0 amide bonds. The highest BCUT2D eigenvalue weighted by atomic mass is 32.1. The molecule has 0 fully saturated rings. The van der Waals surface area contributed by atoms with Crippen LogP contribution < -0.4 is 16.2 Å². The van der Waals surface area contributed by atoms with Gasteiger partial charge in [0.25, 0.3) is 5.69 Å². The van der Waals surface area contributed by atoms with Gasteiger partial charge in [-0.05, 0) is 42.9 Å². The number of rotatable bonds is 5. The Morgan fingerprint density at radius 2 is 1.83 bits per heavy atom. The number of benzene rings is 2. The van der Waals surface area contributed by atoms with E-state index in [1.165, 1.54) is 6.07 Å². The summed E-state index contributed by atoms with van der Waals surface area (Å²) in [5, 5.41) is 24.8. The molecule has 0 aliphatic carbocycles. The second-order valence-electron chi connectivity index (χ2n) is 4.79. The summed E-state index contributed by atoms with van der Waals surface area (Å²) in [7, 11) is 0. The predicted octanol–water partition coefficient (Wildman–Crippen LogP) is 3.12. The van der Waals surface area contributed by atoms with Gasteiger partial charge in [0.05, 0.1) is 15.9 Å². The monoisotopic (exact) mass is 347 g/mol. The van der Waals surface area contributed by atoms with E-state index < -0.39 is 15.5 Å². The molecule has 124 valence electrons. The summed E-state index contributed by atoms with van der Waals surface area (Å²) in [6, 6.07) is 10.8. The second kappa shape index (κ2) is 7.33. The lowest BCUT2D eigenvalue weighted by Crippen LogP contribution is -2.33. The van der Waals surface area contributed by atoms with Crippen molar-refractivity contribution >= 4 is 40.1 Å². The number of nitrogens with zero attached hydrogens (tertiary/aromatic N) is 2. The van der Waals surface area contributed by atoms with Gasteiger partial charge in [0.2, 0.25) is 0 Å². The number of nitrogens with one attached hydrogen (secondary N) is 3. The fourth-order valence-electron chi connectivity index (χ4n) is 1.90. The smallest absolute Gasteiger partial charge is 0.300 e. The van der Waals surface area contributed by atoms with Crippen LogP contribution in [-0.2, 0) is 0 Å². The van der Waals surface area contributed by atoms with Gasteiger partial charge in [0, 0.05) is 11.8 Å². The van der Waals surface area contributed by atoms with Gasteiger partial charge in [0.15, 0.2) is 5.11 Å². The lowest BCUT2D eigenvalue weighted by molar-refractivity contribution is -0.393. The summed E-state index contributed by atoms with van der Waals surface area (Å²) in [5.41, 5.74) is 6.24. The maximum absolute atomic E-state index is 11.0. The lowest BCUT2D eigenvalue weighted by atomic mass is 10.2. The summed E-state index contributed by atoms with van der Waals surface area (Å²) in [5.74, 6) is 0. The minimum atomic E-state index is -0.714. The Hall–Kier alpha value is -3.27. The van der Waals surface area contributed by atoms with Crippen molar-refractivity contribution in [3.05, 3.63) is 68.3 Å². The van der Waals surface area contributed by atoms with E-state index >= 15 is 0 Å². The number of aryl methyl sites for hydroxylation is 1. The molecule has 2 rings (SSSR count). The third-order valence-corrected chi connectivity index (χ3v) is 3.18. The first kappa shape index (κ1) is 17.1. The summed E-state index contributed by atoms with van der Waals surface area (Å²) in [4.78, 5) is 20.3. The third-order valence-electron chi connectivity index (χ3n) is 2.98. The van der Waals surface area contributed by atoms with E-state index in [2.05, 4.69) is 16.2 Å². The molecule has 0 aliphatic heterocycles. The second-order valence-corrected chi connectivity index (χ2v) is 5.20. The van der Waals surface area contributed by atoms with E-state index in [-0.39, 0.29) is 16.5 Å². The van der Waals surface area contributed by atoms with Gasteiger partial charge >= 0.3 is 5.69 Å². The number of non-ortho nitro benzene ring substituents is 1. The molecular formula is C14H13N5O4S. The Morgan fingerprint density at radius 1 is 1.08 bits per heavy atom. The molecule has 0 spiro atoms. The average molecular weight is 347 g/mol. The topological polar surface area (TPSA) is 122 Å². The van der Waals surface area contributed by atoms with Crippen LogP contribution in [0, 0.1) is 27.2 Å². The van der Waals surface area contributed by atoms with Crippen LogP contribution in [0.2, 0.25) is 0 Å². The van der Waals surface area contributed by atoms with Crippen molar-refractivity contribution in [2.45, 2.75) is 6.92 Å². The molecule has 0 unspecified atom stereocenters. The molecule has 0 atom stereocenters. The molecule has 0 radical (unpaired) electrons. The Bertz CT molecular complexity index is 812. The average Bonchev–Trinajstić information content (AvgIpc) is 2.52. The molecule has 3 N–H and O–H groups in total. The summed E-state index contributed by atoms with van der Waals surface area (Å²) in [6.45, 7) is 1.93. The number of thiocarbonyl (C=S) groups is 1. The van der Waals surface area contributed by atoms with Crippen molar-refractivity contribution in [3.8, 4) is 0 Å². The molecule has 0 saturated heterocycles. The number of hydrogen-bond donors (Lipinski definition) is 3. The maximum Gasteiger partial charge on any atom is 0.300 e. The van der Waals surface area contributed by atoms with Crippen molar-refractivity contribution in [1.29, 1.82) is 0 Å². The third kappa shape index (κ3) is 4.36. The van der Waals surface area contributed by atoms with Crippen LogP contribution in [-0.4, -0.2) is 15.0 Å². The van der Waals surface area contributed by atoms with Gasteiger partial charge in [-0.2, -0.15) is 0 Å². The minimum absolute atomic E-state index is 0.0546. The van der Waals surface area contributed by atoms with Crippen LogP contribution in [0.25, 0.3) is 0 Å². The highest BCUT2D eigenvalue weighted by molar-refractivity contribution is 7.80. The van der Waals surface area contributed by atoms with Crippen LogP contribution >= 0.6 is 12.2 Å². The predicted molar refractivity (Wildman–Crippen MR) is 93.9 cm³/mol. The van der Waals surface area contributed by atoms with Gasteiger partial charge in [-0.1, -0.05) is 12.1 Å². The molecule has 0 saturated carbocycles. The van der Waals surface area contributed by atoms with Gasteiger partial charge < -0.3 is 5.32 Å². The number of hydrazine groups is 1. The van der Waals surface area contributed by atoms with E-state index in [0.717, 1.165) is 23.4 Å². The SMILES string of the molecule is Cc1cccc(NC(=S)NNc2ccc([N+](=O)[O-])cc2[N+](=O)[O-])c1. The van der Waals surface area contributed by atoms with Gasteiger partial charge in [0.1, 0.15) is 5.69 Å². The summed E-state index contributed by atoms with van der Waals surface area (Å²) in [6.07, 6.45) is 0. The normalized spacial score (nSPS) is 9.88. The largest absolute Gasteiger partial charge is 0.331 e. The molecule has 2 aromatic rings. The first-order valence-electron chi connectivity index (χ1n) is 6.69. The van der Waals surface area contributed by atoms with Crippen LogP contribution in [0.3, 0.4) is 0 Å². The first-order valence-corrected chi connectivity index (χ1v) is 7.10. The minimum Gasteiger partial charge on any atom is -0.331 e. The van der Waals surface area contributed by atoms with Gasteiger partial charge in [-0.25, -0.2) is 0 Å². The zero-order valence-corrected chi connectivity index (χ0v) is 13.3. The van der Waals surface area contributed by atoms with E-state index in [9.17, 15) is 20.2 Å². The number of hydrogen-bond acceptors (Lipinski definition) is 6. The fraction of sp³-hybridized carbons (Fsp3) is 0.0714. The van der Waals surface area contributed by atoms with Crippen LogP contribution in [0.5, 0.6) is 0 Å². The van der Waals surface area contributed by atoms with Crippen LogP contribution in [0.4, 0.5) is 22.7 Å². The number of nitro groups is 2. The van der Waals surface area contributed by atoms with Crippen molar-refractivity contribution in [1.82, 2.24) is 5.43 Å². The highest BCUT2D eigenvalue weighted by Crippen LogP contribution is 2.28. The lowest BCUT2D eigenvalue weighted by Gasteiger charge is -2.13. The molecular weight excluding hydrogens is 334 g/mol. The molecule has 10 heteroatoms. The zero-order valence-electron chi connectivity index (χ0n) is 12.5. The van der Waals surface area contributed by atoms with Gasteiger partial charge in [-0.15, -0.1) is 0 Å². The maximum atomic E-state index is 11.0. The molecule has 0 aromatic heterocycles. The van der Waals surface area contributed by atoms with E-state index in [4.69, 9.17) is 12.2 Å². The molecule has 0 bridgehead atoms. The molecule has 24 heavy (non-hydrogen) atoms. The zero-order chi connectivity index (χ0) is 17.7. The van der Waals surface area contributed by atoms with Crippen LogP contribution in [0.15, 0.2) is 42.5 Å². The van der Waals surface area contributed by atoms with E-state index in [1.54, 1.807) is 0 Å². The summed E-state index contributed by atoms with van der Waals surface area (Å²) >= 11 is 5.09.